The second kappa shape index (κ2) is 13.5. The van der Waals surface area contributed by atoms with Crippen LogP contribution in [0.4, 0.5) is 0 Å². The monoisotopic (exact) mass is 617 g/mol. The number of benzene rings is 2. The van der Waals surface area contributed by atoms with Crippen LogP contribution < -0.4 is 16.3 Å². The van der Waals surface area contributed by atoms with Crippen molar-refractivity contribution in [2.24, 2.45) is 10.4 Å². The summed E-state index contributed by atoms with van der Waals surface area (Å²) >= 11 is 6.03. The number of halogens is 1. The van der Waals surface area contributed by atoms with Gasteiger partial charge in [0.2, 0.25) is 5.62 Å². The lowest BCUT2D eigenvalue weighted by atomic mass is 9.88. The molecule has 0 radical (unpaired) electrons. The fourth-order valence-corrected chi connectivity index (χ4v) is 5.29. The van der Waals surface area contributed by atoms with E-state index in [9.17, 15) is 14.9 Å². The maximum atomic E-state index is 13.6. The average molecular weight is 618 g/mol. The SMILES string of the molecule is CNC(C)(C)/C=C(\C#N)C(=O)N1CCCC1Cn1/c(=N/C(=O)c2ccc(Cl)cc2)[nH]c2cc(CN[C@@H](C)C(C)(C)C)ccc21. The minimum absolute atomic E-state index is 0.115. The van der Waals surface area contributed by atoms with Crippen molar-refractivity contribution >= 4 is 34.4 Å². The molecule has 4 rings (SSSR count). The van der Waals surface area contributed by atoms with Crippen LogP contribution >= 0.6 is 11.6 Å². The molecule has 2 amide bonds. The van der Waals surface area contributed by atoms with Crippen molar-refractivity contribution < 1.29 is 9.59 Å². The minimum atomic E-state index is -0.507. The van der Waals surface area contributed by atoms with E-state index in [1.807, 2.05) is 24.5 Å². The Bertz CT molecular complexity index is 1650. The molecule has 1 aliphatic heterocycles. The molecule has 2 atom stereocenters. The zero-order chi connectivity index (χ0) is 32.2. The van der Waals surface area contributed by atoms with E-state index < -0.39 is 11.4 Å². The average Bonchev–Trinajstić information content (AvgIpc) is 3.58. The number of carbonyl (C=O) groups is 2. The number of amides is 2. The zero-order valence-electron chi connectivity index (χ0n) is 26.8. The van der Waals surface area contributed by atoms with Crippen LogP contribution in [-0.4, -0.2) is 57.5 Å². The van der Waals surface area contributed by atoms with Crippen LogP contribution in [0.15, 0.2) is 59.1 Å². The zero-order valence-corrected chi connectivity index (χ0v) is 27.5. The molecule has 9 nitrogen and oxygen atoms in total. The van der Waals surface area contributed by atoms with Crippen LogP contribution in [0.5, 0.6) is 0 Å². The molecule has 1 aliphatic rings. The molecule has 2 aromatic carbocycles. The summed E-state index contributed by atoms with van der Waals surface area (Å²) in [5.41, 5.74) is 3.39. The number of likely N-dealkylation sites (N-methyl/N-ethyl adjacent to an activating group) is 1. The fraction of sp³-hybridized carbons (Fsp3) is 0.471. The second-order valence-electron chi connectivity index (χ2n) is 13.2. The summed E-state index contributed by atoms with van der Waals surface area (Å²) in [5, 5.41) is 17.1. The molecule has 0 bridgehead atoms. The number of H-pyrrole nitrogens is 1. The van der Waals surface area contributed by atoms with Gasteiger partial charge in [0.05, 0.1) is 17.1 Å². The first-order valence-corrected chi connectivity index (χ1v) is 15.5. The van der Waals surface area contributed by atoms with Crippen molar-refractivity contribution in [3.8, 4) is 6.07 Å². The molecule has 1 saturated heterocycles. The van der Waals surface area contributed by atoms with E-state index in [1.54, 1.807) is 42.3 Å². The maximum Gasteiger partial charge on any atom is 0.280 e. The molecule has 1 fully saturated rings. The van der Waals surface area contributed by atoms with Crippen LogP contribution in [0, 0.1) is 16.7 Å². The van der Waals surface area contributed by atoms with E-state index in [-0.39, 0.29) is 22.9 Å². The highest BCUT2D eigenvalue weighted by Gasteiger charge is 2.32. The number of hydrogen-bond acceptors (Lipinski definition) is 5. The third kappa shape index (κ3) is 7.86. The van der Waals surface area contributed by atoms with Gasteiger partial charge in [-0.3, -0.25) is 9.59 Å². The quantitative estimate of drug-likeness (QED) is 0.222. The van der Waals surface area contributed by atoms with Gasteiger partial charge in [0.1, 0.15) is 11.6 Å². The van der Waals surface area contributed by atoms with Crippen LogP contribution in [0.25, 0.3) is 11.0 Å². The lowest BCUT2D eigenvalue weighted by Crippen LogP contribution is -2.41. The number of carbonyl (C=O) groups excluding carboxylic acids is 2. The summed E-state index contributed by atoms with van der Waals surface area (Å²) < 4.78 is 1.97. The summed E-state index contributed by atoms with van der Waals surface area (Å²) in [7, 11) is 1.80. The topological polar surface area (TPSA) is 118 Å². The van der Waals surface area contributed by atoms with Gasteiger partial charge in [-0.2, -0.15) is 10.3 Å². The van der Waals surface area contributed by atoms with E-state index >= 15 is 0 Å². The third-order valence-corrected chi connectivity index (χ3v) is 8.85. The van der Waals surface area contributed by atoms with Crippen molar-refractivity contribution in [2.45, 2.75) is 85.1 Å². The highest BCUT2D eigenvalue weighted by Crippen LogP contribution is 2.24. The Labute approximate surface area is 265 Å². The molecule has 3 aromatic rings. The van der Waals surface area contributed by atoms with E-state index in [2.05, 4.69) is 66.5 Å². The van der Waals surface area contributed by atoms with Gasteiger partial charge in [0.25, 0.3) is 11.8 Å². The highest BCUT2D eigenvalue weighted by atomic mass is 35.5. The highest BCUT2D eigenvalue weighted by molar-refractivity contribution is 6.30. The number of nitrogens with one attached hydrogen (secondary N) is 3. The van der Waals surface area contributed by atoms with Gasteiger partial charge in [-0.15, -0.1) is 0 Å². The summed E-state index contributed by atoms with van der Waals surface area (Å²) in [5.74, 6) is -0.679. The van der Waals surface area contributed by atoms with E-state index in [0.29, 0.717) is 41.9 Å². The van der Waals surface area contributed by atoms with Gasteiger partial charge in [0.15, 0.2) is 0 Å². The van der Waals surface area contributed by atoms with Crippen molar-refractivity contribution in [1.82, 2.24) is 25.1 Å². The number of nitrogens with zero attached hydrogens (tertiary/aromatic N) is 4. The second-order valence-corrected chi connectivity index (χ2v) is 13.7. The summed E-state index contributed by atoms with van der Waals surface area (Å²) in [4.78, 5) is 36.5. The Kier molecular flexibility index (Phi) is 10.2. The number of nitriles is 1. The number of hydrogen-bond donors (Lipinski definition) is 3. The molecule has 44 heavy (non-hydrogen) atoms. The molecule has 1 unspecified atom stereocenters. The number of aromatic nitrogens is 2. The van der Waals surface area contributed by atoms with Crippen molar-refractivity contribution in [3.63, 3.8) is 0 Å². The Balaban J connectivity index is 1.72. The minimum Gasteiger partial charge on any atom is -0.333 e. The van der Waals surface area contributed by atoms with Crippen LogP contribution in [0.2, 0.25) is 5.02 Å². The molecule has 0 aliphatic carbocycles. The Morgan fingerprint density at radius 2 is 1.89 bits per heavy atom. The predicted molar refractivity (Wildman–Crippen MR) is 175 cm³/mol. The van der Waals surface area contributed by atoms with Crippen LogP contribution in [0.3, 0.4) is 0 Å². The van der Waals surface area contributed by atoms with Gasteiger partial charge >= 0.3 is 0 Å². The van der Waals surface area contributed by atoms with Gasteiger partial charge in [-0.05, 0) is 94.1 Å². The van der Waals surface area contributed by atoms with E-state index in [0.717, 1.165) is 29.4 Å². The molecular formula is C34H44ClN7O2. The molecule has 234 valence electrons. The summed E-state index contributed by atoms with van der Waals surface area (Å²) in [6.45, 7) is 14.3. The standard InChI is InChI=1S/C34H44ClN7O2/c1-22(33(2,3)4)38-20-23-10-15-29-28(17-23)39-32(40-30(43)24-11-13-26(35)14-12-24)42(29)21-27-9-8-16-41(27)31(44)25(19-36)18-34(5,6)37-7/h10-15,17-18,22,27,37-38H,8-9,16,20-21H2,1-7H3,(H,39,40,43)/b25-18+/t22-,27?/m0/s1. The first-order valence-electron chi connectivity index (χ1n) is 15.1. The molecule has 0 spiro atoms. The largest absolute Gasteiger partial charge is 0.333 e. The van der Waals surface area contributed by atoms with Crippen molar-refractivity contribution in [3.05, 3.63) is 75.9 Å². The van der Waals surface area contributed by atoms with Crippen LogP contribution in [0.1, 0.15) is 70.3 Å². The smallest absolute Gasteiger partial charge is 0.280 e. The summed E-state index contributed by atoms with van der Waals surface area (Å²) in [6.07, 6.45) is 3.29. The normalized spacial score (nSPS) is 17.2. The number of fused-ring (bicyclic) bond motifs is 1. The van der Waals surface area contributed by atoms with Gasteiger partial charge in [-0.1, -0.05) is 38.4 Å². The number of aromatic amines is 1. The first-order chi connectivity index (χ1) is 20.7. The fourth-order valence-electron chi connectivity index (χ4n) is 5.17. The van der Waals surface area contributed by atoms with Gasteiger partial charge in [-0.25, -0.2) is 0 Å². The van der Waals surface area contributed by atoms with Crippen molar-refractivity contribution in [2.75, 3.05) is 13.6 Å². The van der Waals surface area contributed by atoms with E-state index in [4.69, 9.17) is 11.6 Å². The number of rotatable bonds is 9. The van der Waals surface area contributed by atoms with Gasteiger partial charge in [0, 0.05) is 41.8 Å². The maximum absolute atomic E-state index is 13.6. The summed E-state index contributed by atoms with van der Waals surface area (Å²) in [6, 6.07) is 15.1. The van der Waals surface area contributed by atoms with Crippen molar-refractivity contribution in [1.29, 1.82) is 5.26 Å². The van der Waals surface area contributed by atoms with Gasteiger partial charge < -0.3 is 25.1 Å². The lowest BCUT2D eigenvalue weighted by molar-refractivity contribution is -0.127. The number of imidazole rings is 1. The Morgan fingerprint density at radius 3 is 2.52 bits per heavy atom. The first kappa shape index (κ1) is 33.2. The van der Waals surface area contributed by atoms with Crippen LogP contribution in [-0.2, 0) is 17.9 Å². The Hall–Kier alpha value is -3.71. The molecule has 3 N–H and O–H groups in total. The predicted octanol–water partition coefficient (Wildman–Crippen LogP) is 5.33. The molecular weight excluding hydrogens is 574 g/mol. The lowest BCUT2D eigenvalue weighted by Gasteiger charge is -2.28. The molecule has 0 saturated carbocycles. The Morgan fingerprint density at radius 1 is 1.18 bits per heavy atom. The molecule has 1 aromatic heterocycles. The third-order valence-electron chi connectivity index (χ3n) is 8.60. The molecule has 10 heteroatoms. The van der Waals surface area contributed by atoms with E-state index in [1.165, 1.54) is 0 Å². The number of likely N-dealkylation sites (tertiary alicyclic amines) is 1. The molecule has 2 heterocycles.